The molecule has 0 saturated carbocycles. The molecule has 3 amide bonds. The van der Waals surface area contributed by atoms with Crippen LogP contribution in [0.2, 0.25) is 0 Å². The zero-order valence-electron chi connectivity index (χ0n) is 13.2. The molecule has 24 heavy (non-hydrogen) atoms. The predicted molar refractivity (Wildman–Crippen MR) is 89.4 cm³/mol. The number of amides is 3. The molecule has 0 bridgehead atoms. The van der Waals surface area contributed by atoms with Crippen molar-refractivity contribution in [2.45, 2.75) is 19.5 Å². The molecular formula is C18H17N3O3. The Morgan fingerprint density at radius 2 is 1.79 bits per heavy atom. The number of fused-ring (bicyclic) bond motifs is 1. The third kappa shape index (κ3) is 2.74. The van der Waals surface area contributed by atoms with Crippen molar-refractivity contribution in [3.63, 3.8) is 0 Å². The highest BCUT2D eigenvalue weighted by Crippen LogP contribution is 2.25. The minimum absolute atomic E-state index is 0.170. The lowest BCUT2D eigenvalue weighted by Crippen LogP contribution is -2.42. The summed E-state index contributed by atoms with van der Waals surface area (Å²) < 4.78 is 0. The largest absolute Gasteiger partial charge is 0.366 e. The van der Waals surface area contributed by atoms with Crippen LogP contribution in [0.3, 0.4) is 0 Å². The van der Waals surface area contributed by atoms with Crippen LogP contribution in [0.1, 0.15) is 33.2 Å². The second-order valence-electron chi connectivity index (χ2n) is 5.67. The highest BCUT2D eigenvalue weighted by molar-refractivity contribution is 6.06. The van der Waals surface area contributed by atoms with E-state index in [4.69, 9.17) is 5.73 Å². The maximum atomic E-state index is 12.5. The third-order valence-electron chi connectivity index (χ3n) is 4.15. The van der Waals surface area contributed by atoms with Crippen LogP contribution < -0.4 is 11.1 Å². The lowest BCUT2D eigenvalue weighted by atomic mass is 10.1. The minimum atomic E-state index is -0.675. The number of primary amides is 1. The summed E-state index contributed by atoms with van der Waals surface area (Å²) in [4.78, 5) is 37.9. The fourth-order valence-corrected chi connectivity index (χ4v) is 2.78. The highest BCUT2D eigenvalue weighted by atomic mass is 16.2. The SMILES string of the molecule is CC(C(=O)Nc1ccccc1C(N)=O)N1Cc2ccccc2C1=O. The van der Waals surface area contributed by atoms with Crippen LogP contribution in [-0.4, -0.2) is 28.7 Å². The van der Waals surface area contributed by atoms with Crippen molar-refractivity contribution >= 4 is 23.4 Å². The van der Waals surface area contributed by atoms with Gasteiger partial charge >= 0.3 is 0 Å². The fraction of sp³-hybridized carbons (Fsp3) is 0.167. The molecule has 1 aliphatic heterocycles. The Balaban J connectivity index is 1.78. The van der Waals surface area contributed by atoms with Crippen LogP contribution in [0, 0.1) is 0 Å². The summed E-state index contributed by atoms with van der Waals surface area (Å²) in [6.07, 6.45) is 0. The van der Waals surface area contributed by atoms with Crippen molar-refractivity contribution in [1.29, 1.82) is 0 Å². The van der Waals surface area contributed by atoms with Gasteiger partial charge in [0.05, 0.1) is 11.3 Å². The highest BCUT2D eigenvalue weighted by Gasteiger charge is 2.33. The van der Waals surface area contributed by atoms with E-state index in [1.807, 2.05) is 12.1 Å². The molecule has 1 heterocycles. The van der Waals surface area contributed by atoms with Gasteiger partial charge in [-0.2, -0.15) is 0 Å². The van der Waals surface area contributed by atoms with Gasteiger partial charge in [0.25, 0.3) is 11.8 Å². The quantitative estimate of drug-likeness (QED) is 0.898. The molecule has 0 radical (unpaired) electrons. The van der Waals surface area contributed by atoms with Crippen LogP contribution in [0.15, 0.2) is 48.5 Å². The second-order valence-corrected chi connectivity index (χ2v) is 5.67. The lowest BCUT2D eigenvalue weighted by Gasteiger charge is -2.23. The first-order chi connectivity index (χ1) is 11.5. The molecule has 6 heteroatoms. The normalized spacial score (nSPS) is 14.2. The molecule has 1 atom stereocenters. The number of anilines is 1. The van der Waals surface area contributed by atoms with E-state index in [-0.39, 0.29) is 17.4 Å². The maximum absolute atomic E-state index is 12.5. The van der Waals surface area contributed by atoms with Gasteiger partial charge in [-0.05, 0) is 30.7 Å². The molecule has 0 aliphatic carbocycles. The Labute approximate surface area is 139 Å². The Morgan fingerprint density at radius 3 is 2.50 bits per heavy atom. The molecule has 0 fully saturated rings. The monoisotopic (exact) mass is 323 g/mol. The number of para-hydroxylation sites is 1. The number of nitrogens with two attached hydrogens (primary N) is 1. The van der Waals surface area contributed by atoms with Gasteiger partial charge in [-0.3, -0.25) is 14.4 Å². The van der Waals surface area contributed by atoms with Gasteiger partial charge < -0.3 is 16.0 Å². The fourth-order valence-electron chi connectivity index (χ4n) is 2.78. The molecule has 0 saturated heterocycles. The lowest BCUT2D eigenvalue weighted by molar-refractivity contribution is -0.120. The van der Waals surface area contributed by atoms with E-state index in [9.17, 15) is 14.4 Å². The first-order valence-electron chi connectivity index (χ1n) is 7.57. The summed E-state index contributed by atoms with van der Waals surface area (Å²) in [5.74, 6) is -1.16. The molecule has 3 rings (SSSR count). The van der Waals surface area contributed by atoms with E-state index < -0.39 is 11.9 Å². The number of carbonyl (C=O) groups excluding carboxylic acids is 3. The number of hydrogen-bond acceptors (Lipinski definition) is 3. The number of rotatable bonds is 4. The van der Waals surface area contributed by atoms with Crippen molar-refractivity contribution < 1.29 is 14.4 Å². The smallest absolute Gasteiger partial charge is 0.255 e. The number of carbonyl (C=O) groups is 3. The Bertz CT molecular complexity index is 832. The maximum Gasteiger partial charge on any atom is 0.255 e. The zero-order chi connectivity index (χ0) is 17.3. The van der Waals surface area contributed by atoms with Gasteiger partial charge in [-0.15, -0.1) is 0 Å². The van der Waals surface area contributed by atoms with Gasteiger partial charge in [0.2, 0.25) is 5.91 Å². The molecule has 6 nitrogen and oxygen atoms in total. The van der Waals surface area contributed by atoms with Gasteiger partial charge in [0.15, 0.2) is 0 Å². The van der Waals surface area contributed by atoms with Crippen molar-refractivity contribution in [2.75, 3.05) is 5.32 Å². The Kier molecular flexibility index (Phi) is 4.04. The Hall–Kier alpha value is -3.15. The number of nitrogens with one attached hydrogen (secondary N) is 1. The van der Waals surface area contributed by atoms with Crippen LogP contribution >= 0.6 is 0 Å². The number of hydrogen-bond donors (Lipinski definition) is 2. The van der Waals surface area contributed by atoms with Crippen LogP contribution in [0.25, 0.3) is 0 Å². The average molecular weight is 323 g/mol. The summed E-state index contributed by atoms with van der Waals surface area (Å²) in [7, 11) is 0. The molecule has 0 spiro atoms. The van der Waals surface area contributed by atoms with Gasteiger partial charge in [-0.25, -0.2) is 0 Å². The molecule has 122 valence electrons. The molecule has 2 aromatic carbocycles. The van der Waals surface area contributed by atoms with Crippen molar-refractivity contribution in [1.82, 2.24) is 4.90 Å². The van der Waals surface area contributed by atoms with E-state index in [1.54, 1.807) is 43.3 Å². The zero-order valence-corrected chi connectivity index (χ0v) is 13.2. The van der Waals surface area contributed by atoms with Crippen molar-refractivity contribution in [3.8, 4) is 0 Å². The summed E-state index contributed by atoms with van der Waals surface area (Å²) >= 11 is 0. The molecule has 1 unspecified atom stereocenters. The van der Waals surface area contributed by atoms with E-state index in [2.05, 4.69) is 5.32 Å². The van der Waals surface area contributed by atoms with Crippen molar-refractivity contribution in [2.24, 2.45) is 5.73 Å². The van der Waals surface area contributed by atoms with E-state index in [0.29, 0.717) is 17.8 Å². The number of nitrogens with zero attached hydrogens (tertiary/aromatic N) is 1. The topological polar surface area (TPSA) is 92.5 Å². The minimum Gasteiger partial charge on any atom is -0.366 e. The second kappa shape index (κ2) is 6.16. The van der Waals surface area contributed by atoms with Gasteiger partial charge in [0.1, 0.15) is 6.04 Å². The average Bonchev–Trinajstić information content (AvgIpc) is 2.91. The van der Waals surface area contributed by atoms with Crippen LogP contribution in [-0.2, 0) is 11.3 Å². The molecule has 1 aliphatic rings. The first kappa shape index (κ1) is 15.7. The number of benzene rings is 2. The molecule has 0 aromatic heterocycles. The third-order valence-corrected chi connectivity index (χ3v) is 4.15. The summed E-state index contributed by atoms with van der Waals surface area (Å²) in [6.45, 7) is 2.05. The molecular weight excluding hydrogens is 306 g/mol. The van der Waals surface area contributed by atoms with Gasteiger partial charge in [-0.1, -0.05) is 30.3 Å². The van der Waals surface area contributed by atoms with Crippen LogP contribution in [0.5, 0.6) is 0 Å². The summed E-state index contributed by atoms with van der Waals surface area (Å²) in [5.41, 5.74) is 7.41. The van der Waals surface area contributed by atoms with E-state index in [1.165, 1.54) is 4.90 Å². The Morgan fingerprint density at radius 1 is 1.12 bits per heavy atom. The first-order valence-corrected chi connectivity index (χ1v) is 7.57. The van der Waals surface area contributed by atoms with Crippen LogP contribution in [0.4, 0.5) is 5.69 Å². The van der Waals surface area contributed by atoms with E-state index in [0.717, 1.165) is 5.56 Å². The predicted octanol–water partition coefficient (Wildman–Crippen LogP) is 1.77. The summed E-state index contributed by atoms with van der Waals surface area (Å²) in [5, 5.41) is 2.68. The molecule has 2 aromatic rings. The molecule has 3 N–H and O–H groups in total. The summed E-state index contributed by atoms with van der Waals surface area (Å²) in [6, 6.07) is 13.1. The van der Waals surface area contributed by atoms with Crippen molar-refractivity contribution in [3.05, 3.63) is 65.2 Å². The van der Waals surface area contributed by atoms with E-state index >= 15 is 0 Å². The van der Waals surface area contributed by atoms with Gasteiger partial charge in [0, 0.05) is 12.1 Å². The standard InChI is InChI=1S/C18H17N3O3/c1-11(21-10-12-6-2-3-7-13(12)18(21)24)17(23)20-15-9-5-4-8-14(15)16(19)22/h2-9,11H,10H2,1H3,(H2,19,22)(H,20,23).